The second-order valence-corrected chi connectivity index (χ2v) is 8.68. The average molecular weight is 351 g/mol. The van der Waals surface area contributed by atoms with Crippen LogP contribution in [0.25, 0.3) is 0 Å². The molecule has 2 fully saturated rings. The molecule has 24 heavy (non-hydrogen) atoms. The van der Waals surface area contributed by atoms with Gasteiger partial charge in [-0.15, -0.1) is 0 Å². The summed E-state index contributed by atoms with van der Waals surface area (Å²) in [6.45, 7) is 3.37. The highest BCUT2D eigenvalue weighted by Crippen LogP contribution is 2.21. The fourth-order valence-corrected chi connectivity index (χ4v) is 4.78. The second kappa shape index (κ2) is 7.63. The highest BCUT2D eigenvalue weighted by Gasteiger charge is 2.32. The minimum atomic E-state index is -3.38. The molecule has 6 nitrogen and oxygen atoms in total. The fourth-order valence-electron chi connectivity index (χ4n) is 3.17. The Morgan fingerprint density at radius 3 is 2.67 bits per heavy atom. The van der Waals surface area contributed by atoms with Gasteiger partial charge < -0.3 is 10.6 Å². The molecular weight excluding hydrogens is 326 g/mol. The van der Waals surface area contributed by atoms with Gasteiger partial charge in [-0.1, -0.05) is 30.3 Å². The van der Waals surface area contributed by atoms with E-state index in [1.54, 1.807) is 0 Å². The van der Waals surface area contributed by atoms with Crippen molar-refractivity contribution in [3.05, 3.63) is 35.9 Å². The maximum absolute atomic E-state index is 12.6. The lowest BCUT2D eigenvalue weighted by Gasteiger charge is -2.32. The van der Waals surface area contributed by atoms with E-state index < -0.39 is 10.0 Å². The van der Waals surface area contributed by atoms with Crippen LogP contribution in [0.1, 0.15) is 18.4 Å². The molecule has 0 aliphatic carbocycles. The zero-order chi connectivity index (χ0) is 17.0. The number of carbonyl (C=O) groups excluding carboxylic acids is 1. The number of nitrogens with zero attached hydrogens (tertiary/aromatic N) is 1. The standard InChI is InChI=1S/C17H25N3O3S/c21-17(19-11-15-9-18-10-15)16-7-4-8-20(12-16)24(22,23)13-14-5-2-1-3-6-14/h1-3,5-6,15-16,18H,4,7-13H2,(H,19,21). The third-order valence-electron chi connectivity index (χ3n) is 4.77. The predicted molar refractivity (Wildman–Crippen MR) is 92.7 cm³/mol. The molecule has 1 atom stereocenters. The van der Waals surface area contributed by atoms with Gasteiger partial charge in [-0.25, -0.2) is 12.7 Å². The highest BCUT2D eigenvalue weighted by atomic mass is 32.2. The Kier molecular flexibility index (Phi) is 5.53. The van der Waals surface area contributed by atoms with Gasteiger partial charge in [-0.3, -0.25) is 4.79 Å². The van der Waals surface area contributed by atoms with E-state index in [1.807, 2.05) is 30.3 Å². The number of carbonyl (C=O) groups is 1. The van der Waals surface area contributed by atoms with E-state index in [4.69, 9.17) is 0 Å². The summed E-state index contributed by atoms with van der Waals surface area (Å²) in [6.07, 6.45) is 1.49. The average Bonchev–Trinajstić information content (AvgIpc) is 2.54. The lowest BCUT2D eigenvalue weighted by atomic mass is 9.98. The molecule has 1 aromatic rings. The molecule has 2 saturated heterocycles. The molecule has 0 radical (unpaired) electrons. The summed E-state index contributed by atoms with van der Waals surface area (Å²) >= 11 is 0. The summed E-state index contributed by atoms with van der Waals surface area (Å²) in [5.74, 6) is 0.255. The number of amides is 1. The Bertz CT molecular complexity index is 659. The smallest absolute Gasteiger partial charge is 0.224 e. The van der Waals surface area contributed by atoms with Gasteiger partial charge in [0.15, 0.2) is 0 Å². The van der Waals surface area contributed by atoms with Crippen molar-refractivity contribution in [1.29, 1.82) is 0 Å². The molecule has 3 rings (SSSR count). The van der Waals surface area contributed by atoms with Crippen molar-refractivity contribution in [2.75, 3.05) is 32.7 Å². The van der Waals surface area contributed by atoms with Crippen LogP contribution in [0.3, 0.4) is 0 Å². The van der Waals surface area contributed by atoms with E-state index in [-0.39, 0.29) is 17.6 Å². The number of piperidine rings is 1. The van der Waals surface area contributed by atoms with Gasteiger partial charge in [0.1, 0.15) is 0 Å². The van der Waals surface area contributed by atoms with Crippen LogP contribution in [0.5, 0.6) is 0 Å². The summed E-state index contributed by atoms with van der Waals surface area (Å²) in [4.78, 5) is 12.3. The van der Waals surface area contributed by atoms with E-state index in [0.717, 1.165) is 31.5 Å². The summed E-state index contributed by atoms with van der Waals surface area (Å²) in [6, 6.07) is 9.19. The molecule has 132 valence electrons. The Hall–Kier alpha value is -1.44. The minimum absolute atomic E-state index is 0.00405. The van der Waals surface area contributed by atoms with Crippen molar-refractivity contribution < 1.29 is 13.2 Å². The number of hydrogen-bond donors (Lipinski definition) is 2. The molecule has 1 unspecified atom stereocenters. The maximum atomic E-state index is 12.6. The van der Waals surface area contributed by atoms with Crippen LogP contribution >= 0.6 is 0 Å². The van der Waals surface area contributed by atoms with E-state index in [9.17, 15) is 13.2 Å². The van der Waals surface area contributed by atoms with Gasteiger partial charge >= 0.3 is 0 Å². The maximum Gasteiger partial charge on any atom is 0.224 e. The van der Waals surface area contributed by atoms with Crippen molar-refractivity contribution >= 4 is 15.9 Å². The summed E-state index contributed by atoms with van der Waals surface area (Å²) in [5, 5.41) is 6.15. The normalized spacial score (nSPS) is 22.8. The quantitative estimate of drug-likeness (QED) is 0.785. The van der Waals surface area contributed by atoms with Crippen molar-refractivity contribution in [3.8, 4) is 0 Å². The van der Waals surface area contributed by atoms with Crippen LogP contribution in [0.4, 0.5) is 0 Å². The molecule has 0 aromatic heterocycles. The van der Waals surface area contributed by atoms with Crippen LogP contribution in [0, 0.1) is 11.8 Å². The predicted octanol–water partition coefficient (Wildman–Crippen LogP) is 0.564. The molecule has 2 aliphatic heterocycles. The van der Waals surface area contributed by atoms with E-state index >= 15 is 0 Å². The topological polar surface area (TPSA) is 78.5 Å². The zero-order valence-electron chi connectivity index (χ0n) is 13.8. The van der Waals surface area contributed by atoms with E-state index in [2.05, 4.69) is 10.6 Å². The first-order chi connectivity index (χ1) is 11.5. The highest BCUT2D eigenvalue weighted by molar-refractivity contribution is 7.88. The van der Waals surface area contributed by atoms with Crippen LogP contribution in [-0.2, 0) is 20.6 Å². The zero-order valence-corrected chi connectivity index (χ0v) is 14.6. The molecule has 1 amide bonds. The molecule has 2 aliphatic rings. The van der Waals surface area contributed by atoms with Crippen molar-refractivity contribution in [2.45, 2.75) is 18.6 Å². The number of benzene rings is 1. The van der Waals surface area contributed by atoms with E-state index in [1.165, 1.54) is 4.31 Å². The Morgan fingerprint density at radius 1 is 1.25 bits per heavy atom. The van der Waals surface area contributed by atoms with Gasteiger partial charge in [0, 0.05) is 38.6 Å². The Labute approximate surface area is 143 Å². The first-order valence-corrected chi connectivity index (χ1v) is 10.2. The minimum Gasteiger partial charge on any atom is -0.355 e. The molecule has 2 N–H and O–H groups in total. The molecule has 0 bridgehead atoms. The summed E-state index contributed by atoms with van der Waals surface area (Å²) < 4.78 is 26.7. The van der Waals surface area contributed by atoms with Crippen molar-refractivity contribution in [1.82, 2.24) is 14.9 Å². The monoisotopic (exact) mass is 351 g/mol. The summed E-state index contributed by atoms with van der Waals surface area (Å²) in [7, 11) is -3.38. The lowest BCUT2D eigenvalue weighted by Crippen LogP contribution is -2.51. The van der Waals surface area contributed by atoms with Gasteiger partial charge in [0.2, 0.25) is 15.9 Å². The molecule has 7 heteroatoms. The van der Waals surface area contributed by atoms with Crippen molar-refractivity contribution in [3.63, 3.8) is 0 Å². The molecular formula is C17H25N3O3S. The largest absolute Gasteiger partial charge is 0.355 e. The third-order valence-corrected chi connectivity index (χ3v) is 6.59. The molecule has 1 aromatic carbocycles. The second-order valence-electron chi connectivity index (χ2n) is 6.71. The number of rotatable bonds is 6. The SMILES string of the molecule is O=C(NCC1CNC1)C1CCCN(S(=O)(=O)Cc2ccccc2)C1. The molecule has 2 heterocycles. The van der Waals surface area contributed by atoms with Gasteiger partial charge in [-0.05, 0) is 18.4 Å². The molecule has 0 saturated carbocycles. The van der Waals surface area contributed by atoms with Crippen LogP contribution < -0.4 is 10.6 Å². The molecule has 0 spiro atoms. The summed E-state index contributed by atoms with van der Waals surface area (Å²) in [5.41, 5.74) is 0.779. The third kappa shape index (κ3) is 4.34. The number of nitrogens with one attached hydrogen (secondary N) is 2. The van der Waals surface area contributed by atoms with E-state index in [0.29, 0.717) is 25.6 Å². The Morgan fingerprint density at radius 2 is 2.00 bits per heavy atom. The lowest BCUT2D eigenvalue weighted by molar-refractivity contribution is -0.126. The van der Waals surface area contributed by atoms with Crippen LogP contribution in [-0.4, -0.2) is 51.4 Å². The number of sulfonamides is 1. The Balaban J connectivity index is 1.56. The first-order valence-electron chi connectivity index (χ1n) is 8.55. The van der Waals surface area contributed by atoms with Gasteiger partial charge in [-0.2, -0.15) is 0 Å². The van der Waals surface area contributed by atoms with Gasteiger partial charge in [0.05, 0.1) is 11.7 Å². The van der Waals surface area contributed by atoms with Crippen molar-refractivity contribution in [2.24, 2.45) is 11.8 Å². The fraction of sp³-hybridized carbons (Fsp3) is 0.588. The van der Waals surface area contributed by atoms with Crippen LogP contribution in [0.15, 0.2) is 30.3 Å². The van der Waals surface area contributed by atoms with Gasteiger partial charge in [0.25, 0.3) is 0 Å². The first kappa shape index (κ1) is 17.4. The van der Waals surface area contributed by atoms with Crippen LogP contribution in [0.2, 0.25) is 0 Å². The number of hydrogen-bond acceptors (Lipinski definition) is 4.